The number of amides is 1. The minimum Gasteiger partial charge on any atom is -0.350 e. The third kappa shape index (κ3) is 3.73. The molecular formula is C20H24N8OS. The van der Waals surface area contributed by atoms with Crippen LogP contribution in [-0.2, 0) is 19.5 Å². The maximum absolute atomic E-state index is 12.6. The summed E-state index contributed by atoms with van der Waals surface area (Å²) in [6.45, 7) is 5.56. The molecule has 3 N–H and O–H groups in total. The molecule has 0 atom stereocenters. The second kappa shape index (κ2) is 8.15. The summed E-state index contributed by atoms with van der Waals surface area (Å²) in [5.41, 5.74) is 6.17. The molecule has 0 aliphatic carbocycles. The van der Waals surface area contributed by atoms with Gasteiger partial charge >= 0.3 is 0 Å². The molecule has 3 aromatic rings. The zero-order chi connectivity index (χ0) is 21.3. The van der Waals surface area contributed by atoms with Crippen molar-refractivity contribution in [3.63, 3.8) is 0 Å². The zero-order valence-corrected chi connectivity index (χ0v) is 17.6. The topological polar surface area (TPSA) is 124 Å². The van der Waals surface area contributed by atoms with E-state index in [2.05, 4.69) is 25.3 Å². The molecule has 0 aromatic carbocycles. The molecule has 3 aromatic heterocycles. The van der Waals surface area contributed by atoms with Crippen molar-refractivity contribution in [3.05, 3.63) is 62.3 Å². The lowest BCUT2D eigenvalue weighted by Crippen LogP contribution is -2.36. The fourth-order valence-corrected chi connectivity index (χ4v) is 4.00. The van der Waals surface area contributed by atoms with Gasteiger partial charge in [0.05, 0.1) is 17.6 Å². The molecule has 9 nitrogen and oxygen atoms in total. The molecule has 156 valence electrons. The van der Waals surface area contributed by atoms with Crippen molar-refractivity contribution in [3.8, 4) is 0 Å². The summed E-state index contributed by atoms with van der Waals surface area (Å²) in [5.74, 6) is 0.582. The minimum atomic E-state index is -0.166. The Balaban J connectivity index is 0.00000272. The number of nitrogens with zero attached hydrogens (tertiary/aromatic N) is 5. The van der Waals surface area contributed by atoms with E-state index in [1.807, 2.05) is 19.9 Å². The first kappa shape index (κ1) is 19.9. The summed E-state index contributed by atoms with van der Waals surface area (Å²) < 4.78 is 1.27. The number of carbonyl (C=O) groups is 1. The van der Waals surface area contributed by atoms with E-state index in [9.17, 15) is 4.79 Å². The van der Waals surface area contributed by atoms with E-state index in [0.717, 1.165) is 52.4 Å². The van der Waals surface area contributed by atoms with Gasteiger partial charge in [-0.15, -0.1) is 16.4 Å². The third-order valence-corrected chi connectivity index (χ3v) is 6.09. The van der Waals surface area contributed by atoms with Gasteiger partial charge in [0.2, 0.25) is 0 Å². The molecule has 0 saturated heterocycles. The molecule has 0 unspecified atom stereocenters. The minimum absolute atomic E-state index is 0. The van der Waals surface area contributed by atoms with Crippen molar-refractivity contribution in [2.45, 2.75) is 33.4 Å². The summed E-state index contributed by atoms with van der Waals surface area (Å²) in [6, 6.07) is 1.89. The highest BCUT2D eigenvalue weighted by atomic mass is 32.1. The van der Waals surface area contributed by atoms with Crippen LogP contribution in [0.25, 0.3) is 0 Å². The van der Waals surface area contributed by atoms with Gasteiger partial charge in [-0.2, -0.15) is 0 Å². The fourth-order valence-electron chi connectivity index (χ4n) is 3.47. The number of hydrogen-bond acceptors (Lipinski definition) is 8. The molecule has 0 saturated carbocycles. The van der Waals surface area contributed by atoms with Gasteiger partial charge < -0.3 is 10.2 Å². The Morgan fingerprint density at radius 2 is 2.20 bits per heavy atom. The van der Waals surface area contributed by atoms with Gasteiger partial charge in [-0.05, 0) is 31.0 Å². The maximum Gasteiger partial charge on any atom is 0.253 e. The van der Waals surface area contributed by atoms with Crippen LogP contribution in [0.1, 0.15) is 39.0 Å². The van der Waals surface area contributed by atoms with E-state index in [-0.39, 0.29) is 12.8 Å². The number of anilines is 1. The number of fused-ring (bicyclic) bond motifs is 1. The Morgan fingerprint density at radius 1 is 1.37 bits per heavy atom. The highest BCUT2D eigenvalue weighted by molar-refractivity contribution is 7.09. The summed E-state index contributed by atoms with van der Waals surface area (Å²) in [6.07, 6.45) is 5.16. The van der Waals surface area contributed by atoms with Crippen LogP contribution in [-0.4, -0.2) is 38.5 Å². The van der Waals surface area contributed by atoms with Gasteiger partial charge in [-0.25, -0.2) is 4.68 Å². The molecule has 1 aliphatic heterocycles. The number of carbonyl (C=O) groups excluding carboxylic acids is 1. The van der Waals surface area contributed by atoms with Crippen LogP contribution in [0.3, 0.4) is 0 Å². The molecule has 0 radical (unpaired) electrons. The highest BCUT2D eigenvalue weighted by Gasteiger charge is 2.23. The van der Waals surface area contributed by atoms with Crippen molar-refractivity contribution in [1.29, 1.82) is 10.8 Å². The molecular weight excluding hydrogens is 400 g/mol. The van der Waals surface area contributed by atoms with Crippen molar-refractivity contribution in [1.82, 2.24) is 25.1 Å². The summed E-state index contributed by atoms with van der Waals surface area (Å²) >= 11 is 1.50. The Hall–Kier alpha value is -3.40. The van der Waals surface area contributed by atoms with Gasteiger partial charge in [-0.1, -0.05) is 0 Å². The van der Waals surface area contributed by atoms with Gasteiger partial charge in [-0.3, -0.25) is 25.6 Å². The van der Waals surface area contributed by atoms with Crippen LogP contribution in [0.2, 0.25) is 0 Å². The first-order valence-electron chi connectivity index (χ1n) is 9.51. The van der Waals surface area contributed by atoms with Gasteiger partial charge in [0, 0.05) is 49.5 Å². The average molecular weight is 425 g/mol. The van der Waals surface area contributed by atoms with Crippen molar-refractivity contribution in [2.24, 2.45) is 0 Å². The van der Waals surface area contributed by atoms with E-state index in [0.29, 0.717) is 18.7 Å². The predicted octanol–water partition coefficient (Wildman–Crippen LogP) is 2.02. The Labute approximate surface area is 178 Å². The highest BCUT2D eigenvalue weighted by Crippen LogP contribution is 2.25. The van der Waals surface area contributed by atoms with Crippen molar-refractivity contribution < 1.29 is 6.22 Å². The van der Waals surface area contributed by atoms with E-state index < -0.39 is 0 Å². The number of rotatable bonds is 5. The van der Waals surface area contributed by atoms with Crippen molar-refractivity contribution in [2.75, 3.05) is 11.4 Å². The van der Waals surface area contributed by atoms with E-state index in [1.165, 1.54) is 16.0 Å². The van der Waals surface area contributed by atoms with Gasteiger partial charge in [0.1, 0.15) is 6.34 Å². The summed E-state index contributed by atoms with van der Waals surface area (Å²) in [7, 11) is 0. The quantitative estimate of drug-likeness (QED) is 0.427. The first-order valence-corrected chi connectivity index (χ1v) is 10.4. The number of nitrogens with one attached hydrogen (secondary N) is 3. The molecule has 0 spiro atoms. The predicted molar refractivity (Wildman–Crippen MR) is 116 cm³/mol. The fraction of sp³-hybridized carbons (Fsp3) is 0.300. The van der Waals surface area contributed by atoms with Crippen LogP contribution in [0, 0.1) is 24.7 Å². The van der Waals surface area contributed by atoms with Crippen LogP contribution in [0.15, 0.2) is 24.0 Å². The van der Waals surface area contributed by atoms with E-state index in [4.69, 9.17) is 10.8 Å². The number of aromatic nitrogens is 4. The molecule has 4 rings (SSSR count). The summed E-state index contributed by atoms with van der Waals surface area (Å²) in [4.78, 5) is 24.2. The van der Waals surface area contributed by atoms with Gasteiger partial charge in [0.15, 0.2) is 11.3 Å². The largest absolute Gasteiger partial charge is 0.350 e. The SMILES string of the molecule is Cc1c(N2CCc3ncc(C(=O)NCc4cncs4)cc3C2)nn(C=N)c(=N)c1C.[HH]. The second-order valence-electron chi connectivity index (χ2n) is 7.15. The number of hydrogen-bond donors (Lipinski definition) is 3. The average Bonchev–Trinajstić information content (AvgIpc) is 3.29. The molecule has 1 aliphatic rings. The number of pyridine rings is 1. The summed E-state index contributed by atoms with van der Waals surface area (Å²) in [5, 5.41) is 23.0. The molecule has 4 heterocycles. The van der Waals surface area contributed by atoms with Crippen LogP contribution >= 0.6 is 11.3 Å². The van der Waals surface area contributed by atoms with Crippen LogP contribution in [0.5, 0.6) is 0 Å². The third-order valence-electron chi connectivity index (χ3n) is 5.31. The monoisotopic (exact) mass is 424 g/mol. The maximum atomic E-state index is 12.6. The van der Waals surface area contributed by atoms with Crippen LogP contribution < -0.4 is 15.7 Å². The second-order valence-corrected chi connectivity index (χ2v) is 8.12. The smallest absolute Gasteiger partial charge is 0.253 e. The Morgan fingerprint density at radius 3 is 2.93 bits per heavy atom. The molecule has 30 heavy (non-hydrogen) atoms. The Bertz CT molecular complexity index is 1170. The standard InChI is InChI=1S/C20H22N8OS.H2/c1-12-13(2)19(26-28(10-21)18(12)22)27-4-3-17-15(9-27)5-14(6-24-17)20(29)25-8-16-7-23-11-30-16;/h5-7,10-11,21-22H,3-4,8-9H2,1-2H3,(H,25,29);1H. The lowest BCUT2D eigenvalue weighted by Gasteiger charge is -2.31. The van der Waals surface area contributed by atoms with Gasteiger partial charge in [0.25, 0.3) is 5.91 Å². The molecule has 0 bridgehead atoms. The van der Waals surface area contributed by atoms with Crippen molar-refractivity contribution >= 4 is 29.4 Å². The van der Waals surface area contributed by atoms with E-state index >= 15 is 0 Å². The van der Waals surface area contributed by atoms with Crippen LogP contribution in [0.4, 0.5) is 5.82 Å². The molecule has 1 amide bonds. The van der Waals surface area contributed by atoms with E-state index in [1.54, 1.807) is 17.9 Å². The molecule has 10 heteroatoms. The normalized spacial score (nSPS) is 13.1. The first-order chi connectivity index (χ1) is 14.5. The Kier molecular flexibility index (Phi) is 5.40. The number of thiazole rings is 1. The zero-order valence-electron chi connectivity index (χ0n) is 16.8. The lowest BCUT2D eigenvalue weighted by atomic mass is 10.0. The molecule has 0 fully saturated rings. The lowest BCUT2D eigenvalue weighted by molar-refractivity contribution is 0.0950.